The van der Waals surface area contributed by atoms with E-state index in [1.165, 1.54) is 5.56 Å². The fourth-order valence-corrected chi connectivity index (χ4v) is 2.13. The Bertz CT molecular complexity index is 433. The molecule has 0 N–H and O–H groups in total. The minimum atomic E-state index is -0.452. The average molecular weight is 360 g/mol. The number of benzene rings is 1. The summed E-state index contributed by atoms with van der Waals surface area (Å²) >= 11 is 2.18. The van der Waals surface area contributed by atoms with Crippen LogP contribution in [0.2, 0.25) is 0 Å². The van der Waals surface area contributed by atoms with E-state index in [2.05, 4.69) is 42.5 Å². The number of hydrogen-bond acceptors (Lipinski definition) is 2. The van der Waals surface area contributed by atoms with Gasteiger partial charge in [0, 0.05) is 3.57 Å². The van der Waals surface area contributed by atoms with Crippen molar-refractivity contribution >= 4 is 28.6 Å². The Hall–Kier alpha value is -0.580. The molecule has 1 unspecified atom stereocenters. The Balaban J connectivity index is 3.04. The molecule has 0 saturated heterocycles. The Morgan fingerprint density at radius 3 is 2.50 bits per heavy atom. The van der Waals surface area contributed by atoms with E-state index in [0.717, 1.165) is 9.99 Å². The monoisotopic (exact) mass is 360 g/mol. The third kappa shape index (κ3) is 4.26. The van der Waals surface area contributed by atoms with Crippen LogP contribution in [-0.2, 0) is 4.74 Å². The lowest BCUT2D eigenvalue weighted by Crippen LogP contribution is -2.24. The first kappa shape index (κ1) is 15.5. The molecule has 0 fully saturated rings. The van der Waals surface area contributed by atoms with E-state index in [0.29, 0.717) is 11.5 Å². The fraction of sp³-hybridized carbons (Fsp3) is 0.533. The number of ether oxygens (including phenoxy) is 1. The second-order valence-electron chi connectivity index (χ2n) is 5.55. The van der Waals surface area contributed by atoms with E-state index < -0.39 is 5.60 Å². The zero-order chi connectivity index (χ0) is 13.9. The van der Waals surface area contributed by atoms with Crippen LogP contribution >= 0.6 is 22.6 Å². The fourth-order valence-electron chi connectivity index (χ4n) is 1.57. The molecule has 3 heteroatoms. The molecular formula is C15H21IO2. The number of halogens is 1. The Morgan fingerprint density at radius 2 is 2.00 bits per heavy atom. The van der Waals surface area contributed by atoms with E-state index in [1.807, 2.05) is 32.9 Å². The minimum Gasteiger partial charge on any atom is -0.456 e. The maximum atomic E-state index is 12.1. The first-order valence-electron chi connectivity index (χ1n) is 6.27. The number of carbonyl (C=O) groups is 1. The van der Waals surface area contributed by atoms with E-state index in [4.69, 9.17) is 4.74 Å². The molecular weight excluding hydrogens is 339 g/mol. The second kappa shape index (κ2) is 6.04. The van der Waals surface area contributed by atoms with Crippen LogP contribution < -0.4 is 0 Å². The van der Waals surface area contributed by atoms with Gasteiger partial charge in [0.05, 0.1) is 5.56 Å². The Kier molecular flexibility index (Phi) is 5.20. The largest absolute Gasteiger partial charge is 0.456 e. The lowest BCUT2D eigenvalue weighted by atomic mass is 9.97. The van der Waals surface area contributed by atoms with E-state index in [9.17, 15) is 4.79 Å². The summed E-state index contributed by atoms with van der Waals surface area (Å²) < 4.78 is 6.37. The summed E-state index contributed by atoms with van der Waals surface area (Å²) in [5, 5.41) is 0. The van der Waals surface area contributed by atoms with Gasteiger partial charge < -0.3 is 4.74 Å². The standard InChI is InChI=1S/C15H21IO2/c1-6-10(2)11-7-8-13(16)12(9-11)14(17)18-15(3,4)5/h7-10H,6H2,1-5H3. The summed E-state index contributed by atoms with van der Waals surface area (Å²) in [5.41, 5.74) is 1.41. The quantitative estimate of drug-likeness (QED) is 0.574. The molecule has 1 atom stereocenters. The molecule has 0 bridgehead atoms. The van der Waals surface area contributed by atoms with Gasteiger partial charge in [-0.3, -0.25) is 0 Å². The van der Waals surface area contributed by atoms with Crippen LogP contribution in [0.15, 0.2) is 18.2 Å². The van der Waals surface area contributed by atoms with Gasteiger partial charge in [0.2, 0.25) is 0 Å². The highest BCUT2D eigenvalue weighted by Gasteiger charge is 2.20. The van der Waals surface area contributed by atoms with E-state index >= 15 is 0 Å². The number of esters is 1. The zero-order valence-corrected chi connectivity index (χ0v) is 13.9. The van der Waals surface area contributed by atoms with Crippen molar-refractivity contribution in [3.8, 4) is 0 Å². The summed E-state index contributed by atoms with van der Waals surface area (Å²) in [7, 11) is 0. The van der Waals surface area contributed by atoms with Crippen LogP contribution in [0.3, 0.4) is 0 Å². The molecule has 100 valence electrons. The van der Waals surface area contributed by atoms with Gasteiger partial charge in [-0.1, -0.05) is 19.9 Å². The number of carbonyl (C=O) groups excluding carboxylic acids is 1. The van der Waals surface area contributed by atoms with Crippen molar-refractivity contribution in [3.05, 3.63) is 32.9 Å². The van der Waals surface area contributed by atoms with Gasteiger partial charge in [-0.05, 0) is 73.4 Å². The van der Waals surface area contributed by atoms with Gasteiger partial charge in [0.25, 0.3) is 0 Å². The molecule has 0 saturated carbocycles. The van der Waals surface area contributed by atoms with Gasteiger partial charge >= 0.3 is 5.97 Å². The average Bonchev–Trinajstić information content (AvgIpc) is 2.26. The van der Waals surface area contributed by atoms with Crippen molar-refractivity contribution < 1.29 is 9.53 Å². The summed E-state index contributed by atoms with van der Waals surface area (Å²) in [4.78, 5) is 12.1. The highest BCUT2D eigenvalue weighted by Crippen LogP contribution is 2.24. The summed E-state index contributed by atoms with van der Waals surface area (Å²) in [6.45, 7) is 9.97. The highest BCUT2D eigenvalue weighted by molar-refractivity contribution is 14.1. The molecule has 2 nitrogen and oxygen atoms in total. The molecule has 0 spiro atoms. The molecule has 0 aliphatic carbocycles. The zero-order valence-electron chi connectivity index (χ0n) is 11.7. The molecule has 0 aromatic heterocycles. The Morgan fingerprint density at radius 1 is 1.39 bits per heavy atom. The first-order chi connectivity index (χ1) is 8.24. The predicted molar refractivity (Wildman–Crippen MR) is 83.0 cm³/mol. The lowest BCUT2D eigenvalue weighted by molar-refractivity contribution is 0.00682. The van der Waals surface area contributed by atoms with Gasteiger partial charge in [-0.25, -0.2) is 4.79 Å². The van der Waals surface area contributed by atoms with Crippen LogP contribution in [0.25, 0.3) is 0 Å². The molecule has 18 heavy (non-hydrogen) atoms. The molecule has 1 aromatic rings. The van der Waals surface area contributed by atoms with Crippen LogP contribution in [-0.4, -0.2) is 11.6 Å². The Labute approximate surface area is 123 Å². The van der Waals surface area contributed by atoms with Crippen LogP contribution in [0.1, 0.15) is 62.9 Å². The molecule has 0 aliphatic rings. The van der Waals surface area contributed by atoms with Gasteiger partial charge in [0.15, 0.2) is 0 Å². The maximum Gasteiger partial charge on any atom is 0.339 e. The molecule has 0 aliphatic heterocycles. The molecule has 0 heterocycles. The molecule has 1 rings (SSSR count). The number of rotatable bonds is 3. The molecule has 1 aromatic carbocycles. The third-order valence-electron chi connectivity index (χ3n) is 2.79. The van der Waals surface area contributed by atoms with Gasteiger partial charge in [0.1, 0.15) is 5.60 Å². The third-order valence-corrected chi connectivity index (χ3v) is 3.73. The maximum absolute atomic E-state index is 12.1. The lowest BCUT2D eigenvalue weighted by Gasteiger charge is -2.20. The van der Waals surface area contributed by atoms with Crippen LogP contribution in [0.5, 0.6) is 0 Å². The van der Waals surface area contributed by atoms with Gasteiger partial charge in [-0.2, -0.15) is 0 Å². The molecule has 0 amide bonds. The summed E-state index contributed by atoms with van der Waals surface area (Å²) in [6, 6.07) is 6.04. The smallest absolute Gasteiger partial charge is 0.339 e. The van der Waals surface area contributed by atoms with Crippen molar-refractivity contribution in [2.24, 2.45) is 0 Å². The first-order valence-corrected chi connectivity index (χ1v) is 7.35. The van der Waals surface area contributed by atoms with E-state index in [1.54, 1.807) is 0 Å². The van der Waals surface area contributed by atoms with Crippen LogP contribution in [0.4, 0.5) is 0 Å². The van der Waals surface area contributed by atoms with Crippen LogP contribution in [0, 0.1) is 3.57 Å². The number of hydrogen-bond donors (Lipinski definition) is 0. The predicted octanol–water partition coefficient (Wildman–Crippen LogP) is 4.76. The molecule has 0 radical (unpaired) electrons. The van der Waals surface area contributed by atoms with Gasteiger partial charge in [-0.15, -0.1) is 0 Å². The van der Waals surface area contributed by atoms with E-state index in [-0.39, 0.29) is 5.97 Å². The van der Waals surface area contributed by atoms with Crippen molar-refractivity contribution in [1.82, 2.24) is 0 Å². The van der Waals surface area contributed by atoms with Crippen molar-refractivity contribution in [3.63, 3.8) is 0 Å². The summed E-state index contributed by atoms with van der Waals surface area (Å²) in [5.74, 6) is 0.222. The highest BCUT2D eigenvalue weighted by atomic mass is 127. The van der Waals surface area contributed by atoms with Crippen molar-refractivity contribution in [2.75, 3.05) is 0 Å². The normalized spacial score (nSPS) is 13.2. The topological polar surface area (TPSA) is 26.3 Å². The summed E-state index contributed by atoms with van der Waals surface area (Å²) in [6.07, 6.45) is 1.06. The van der Waals surface area contributed by atoms with Crippen molar-refractivity contribution in [2.45, 2.75) is 52.6 Å². The SMILES string of the molecule is CCC(C)c1ccc(I)c(C(=O)OC(C)(C)C)c1. The van der Waals surface area contributed by atoms with Crippen molar-refractivity contribution in [1.29, 1.82) is 0 Å². The minimum absolute atomic E-state index is 0.239. The second-order valence-corrected chi connectivity index (χ2v) is 6.71.